The number of hydrogen-bond acceptors (Lipinski definition) is 7. The Kier molecular flexibility index (Phi) is 10.9. The van der Waals surface area contributed by atoms with E-state index < -0.39 is 35.2 Å². The third-order valence-corrected chi connectivity index (χ3v) is 8.70. The SMILES string of the molecule is Cc1noc([C@@H](Cc2ccc3ccccc3c2)N(C)C(=O)[C@@H](Cc2ccc3ccccc3c2)N(C)C(=O)C=CC(C)(C)NC(=O)OC(C)(C)C)n1. The number of aromatic nitrogens is 2. The molecule has 0 saturated heterocycles. The maximum atomic E-state index is 14.7. The van der Waals surface area contributed by atoms with Crippen LogP contribution in [0, 0.1) is 6.92 Å². The van der Waals surface area contributed by atoms with Gasteiger partial charge in [0.1, 0.15) is 17.7 Å². The Hall–Kier alpha value is -5.51. The maximum absolute atomic E-state index is 14.7. The molecule has 0 unspecified atom stereocenters. The molecule has 1 N–H and O–H groups in total. The van der Waals surface area contributed by atoms with Crippen molar-refractivity contribution in [3.63, 3.8) is 0 Å². The van der Waals surface area contributed by atoms with Crippen LogP contribution in [0.25, 0.3) is 21.5 Å². The number of amides is 3. The van der Waals surface area contributed by atoms with Crippen LogP contribution in [0.3, 0.4) is 0 Å². The second kappa shape index (κ2) is 15.2. The van der Waals surface area contributed by atoms with Crippen molar-refractivity contribution >= 4 is 39.5 Å². The first kappa shape index (κ1) is 36.8. The summed E-state index contributed by atoms with van der Waals surface area (Å²) in [6, 6.07) is 26.9. The fourth-order valence-electron chi connectivity index (χ4n) is 5.95. The van der Waals surface area contributed by atoms with Gasteiger partial charge in [0, 0.05) is 33.0 Å². The van der Waals surface area contributed by atoms with E-state index in [4.69, 9.17) is 9.26 Å². The first-order valence-corrected chi connectivity index (χ1v) is 17.1. The summed E-state index contributed by atoms with van der Waals surface area (Å²) in [6.07, 6.45) is 3.05. The van der Waals surface area contributed by atoms with E-state index in [2.05, 4.69) is 39.7 Å². The summed E-state index contributed by atoms with van der Waals surface area (Å²) >= 11 is 0. The third kappa shape index (κ3) is 9.60. The topological polar surface area (TPSA) is 118 Å². The van der Waals surface area contributed by atoms with Crippen LogP contribution in [0.1, 0.15) is 63.5 Å². The lowest BCUT2D eigenvalue weighted by Gasteiger charge is -2.34. The van der Waals surface area contributed by atoms with Gasteiger partial charge in [-0.3, -0.25) is 9.59 Å². The Labute approximate surface area is 299 Å². The second-order valence-electron chi connectivity index (χ2n) is 14.6. The van der Waals surface area contributed by atoms with Gasteiger partial charge in [-0.2, -0.15) is 4.98 Å². The quantitative estimate of drug-likeness (QED) is 0.144. The zero-order valence-corrected chi connectivity index (χ0v) is 30.6. The molecule has 10 heteroatoms. The van der Waals surface area contributed by atoms with Crippen LogP contribution in [0.4, 0.5) is 4.79 Å². The standard InChI is InChI=1S/C41H47N5O5/c1-27-42-37(51-44-27)34(25-28-17-19-30-13-9-11-15-32(30)23-28)46(8)38(48)35(26-29-18-20-31-14-10-12-16-33(31)24-29)45(7)36(47)21-22-41(5,6)43-39(49)50-40(2,3)4/h9-24,34-35H,25-26H2,1-8H3,(H,43,49)/t34-,35-/m1/s1. The minimum Gasteiger partial charge on any atom is -0.444 e. The third-order valence-electron chi connectivity index (χ3n) is 8.70. The number of hydrogen-bond donors (Lipinski definition) is 1. The van der Waals surface area contributed by atoms with Crippen molar-refractivity contribution in [2.24, 2.45) is 0 Å². The van der Waals surface area contributed by atoms with Crippen molar-refractivity contribution in [2.45, 2.75) is 77.6 Å². The lowest BCUT2D eigenvalue weighted by molar-refractivity contribution is -0.143. The van der Waals surface area contributed by atoms with Gasteiger partial charge in [-0.1, -0.05) is 96.2 Å². The molecule has 0 aliphatic rings. The van der Waals surface area contributed by atoms with Gasteiger partial charge in [-0.15, -0.1) is 0 Å². The largest absolute Gasteiger partial charge is 0.444 e. The molecule has 3 amide bonds. The fourth-order valence-corrected chi connectivity index (χ4v) is 5.95. The Morgan fingerprint density at radius 2 is 1.35 bits per heavy atom. The van der Waals surface area contributed by atoms with Crippen molar-refractivity contribution < 1.29 is 23.6 Å². The van der Waals surface area contributed by atoms with Gasteiger partial charge in [0.2, 0.25) is 17.7 Å². The Morgan fingerprint density at radius 3 is 1.88 bits per heavy atom. The van der Waals surface area contributed by atoms with Crippen LogP contribution < -0.4 is 5.32 Å². The van der Waals surface area contributed by atoms with Gasteiger partial charge in [-0.05, 0) is 74.2 Å². The molecule has 2 atom stereocenters. The number of fused-ring (bicyclic) bond motifs is 2. The minimum atomic E-state index is -0.908. The van der Waals surface area contributed by atoms with E-state index in [1.807, 2.05) is 60.7 Å². The lowest BCUT2D eigenvalue weighted by Crippen LogP contribution is -2.50. The van der Waals surface area contributed by atoms with E-state index in [9.17, 15) is 14.4 Å². The molecule has 4 aromatic carbocycles. The Balaban J connectivity index is 1.45. The van der Waals surface area contributed by atoms with Gasteiger partial charge in [-0.25, -0.2) is 4.79 Å². The highest BCUT2D eigenvalue weighted by atomic mass is 16.6. The van der Waals surface area contributed by atoms with Crippen LogP contribution in [-0.2, 0) is 27.2 Å². The smallest absolute Gasteiger partial charge is 0.408 e. The number of alkyl carbamates (subject to hydrolysis) is 1. The number of ether oxygens (including phenoxy) is 1. The highest BCUT2D eigenvalue weighted by Gasteiger charge is 2.35. The van der Waals surface area contributed by atoms with Crippen LogP contribution in [0.5, 0.6) is 0 Å². The second-order valence-corrected chi connectivity index (χ2v) is 14.6. The van der Waals surface area contributed by atoms with Gasteiger partial charge >= 0.3 is 6.09 Å². The molecule has 10 nitrogen and oxygen atoms in total. The summed E-state index contributed by atoms with van der Waals surface area (Å²) in [5.74, 6) is 0.0772. The molecule has 0 fully saturated rings. The van der Waals surface area contributed by atoms with Gasteiger partial charge < -0.3 is 24.4 Å². The summed E-state index contributed by atoms with van der Waals surface area (Å²) in [6.45, 7) is 10.6. The van der Waals surface area contributed by atoms with Gasteiger partial charge in [0.25, 0.3) is 0 Å². The van der Waals surface area contributed by atoms with Crippen molar-refractivity contribution in [1.82, 2.24) is 25.3 Å². The maximum Gasteiger partial charge on any atom is 0.408 e. The first-order chi connectivity index (χ1) is 24.1. The number of nitrogens with one attached hydrogen (secondary N) is 1. The molecule has 51 heavy (non-hydrogen) atoms. The average molecular weight is 690 g/mol. The lowest BCUT2D eigenvalue weighted by atomic mass is 9.97. The molecule has 0 radical (unpaired) electrons. The minimum absolute atomic E-state index is 0.259. The zero-order chi connectivity index (χ0) is 36.9. The predicted molar refractivity (Wildman–Crippen MR) is 199 cm³/mol. The summed E-state index contributed by atoms with van der Waals surface area (Å²) < 4.78 is 11.1. The predicted octanol–water partition coefficient (Wildman–Crippen LogP) is 7.36. The number of rotatable bonds is 11. The summed E-state index contributed by atoms with van der Waals surface area (Å²) in [5, 5.41) is 11.1. The molecule has 0 bridgehead atoms. The first-order valence-electron chi connectivity index (χ1n) is 17.1. The molecule has 1 heterocycles. The molecular formula is C41H47N5O5. The normalized spacial score (nSPS) is 13.3. The number of nitrogens with zero attached hydrogens (tertiary/aromatic N) is 4. The molecule has 266 valence electrons. The summed E-state index contributed by atoms with van der Waals surface area (Å²) in [7, 11) is 3.33. The molecule has 0 spiro atoms. The highest BCUT2D eigenvalue weighted by Crippen LogP contribution is 2.28. The zero-order valence-electron chi connectivity index (χ0n) is 30.6. The molecular weight excluding hydrogens is 642 g/mol. The van der Waals surface area contributed by atoms with E-state index in [0.29, 0.717) is 18.1 Å². The Morgan fingerprint density at radius 1 is 0.804 bits per heavy atom. The van der Waals surface area contributed by atoms with E-state index >= 15 is 0 Å². The van der Waals surface area contributed by atoms with Crippen LogP contribution in [0.15, 0.2) is 102 Å². The number of carbonyl (C=O) groups is 3. The van der Waals surface area contributed by atoms with E-state index in [1.165, 1.54) is 11.0 Å². The number of aryl methyl sites for hydroxylation is 1. The van der Waals surface area contributed by atoms with Crippen LogP contribution in [-0.4, -0.2) is 69.1 Å². The monoisotopic (exact) mass is 689 g/mol. The van der Waals surface area contributed by atoms with Crippen molar-refractivity contribution in [2.75, 3.05) is 14.1 Å². The van der Waals surface area contributed by atoms with E-state index in [-0.39, 0.29) is 12.3 Å². The molecule has 1 aromatic heterocycles. The van der Waals surface area contributed by atoms with Crippen molar-refractivity contribution in [3.05, 3.63) is 120 Å². The average Bonchev–Trinajstić information content (AvgIpc) is 3.52. The molecule has 0 saturated carbocycles. The summed E-state index contributed by atoms with van der Waals surface area (Å²) in [4.78, 5) is 48.6. The summed E-state index contributed by atoms with van der Waals surface area (Å²) in [5.41, 5.74) is 0.311. The molecule has 0 aliphatic heterocycles. The number of benzene rings is 4. The van der Waals surface area contributed by atoms with Gasteiger partial charge in [0.05, 0.1) is 5.54 Å². The highest BCUT2D eigenvalue weighted by molar-refractivity contribution is 5.93. The van der Waals surface area contributed by atoms with Crippen molar-refractivity contribution in [3.8, 4) is 0 Å². The van der Waals surface area contributed by atoms with E-state index in [0.717, 1.165) is 32.7 Å². The van der Waals surface area contributed by atoms with Crippen LogP contribution in [0.2, 0.25) is 0 Å². The van der Waals surface area contributed by atoms with Crippen molar-refractivity contribution in [1.29, 1.82) is 0 Å². The van der Waals surface area contributed by atoms with Gasteiger partial charge in [0.15, 0.2) is 5.82 Å². The molecule has 5 aromatic rings. The Bertz CT molecular complexity index is 2060. The van der Waals surface area contributed by atoms with E-state index in [1.54, 1.807) is 66.6 Å². The molecule has 0 aliphatic carbocycles. The molecule has 5 rings (SSSR count). The fraction of sp³-hybridized carbons (Fsp3) is 0.341. The van der Waals surface area contributed by atoms with Crippen LogP contribution >= 0.6 is 0 Å². The number of carbonyl (C=O) groups excluding carboxylic acids is 3. The number of likely N-dealkylation sites (N-methyl/N-ethyl adjacent to an activating group) is 2.